The van der Waals surface area contributed by atoms with Crippen molar-refractivity contribution in [2.75, 3.05) is 59.2 Å². The van der Waals surface area contributed by atoms with E-state index >= 15 is 0 Å². The summed E-state index contributed by atoms with van der Waals surface area (Å²) in [6.45, 7) is 9.58. The standard InChI is InChI=1S/C33H51N5O10S/c1-32(2,22-24(36-13-5-8-27(36)42)33(3,4)49-23-21-30(45)38(15-16-39)31(23)46)35-26(41)7-6-17-47-19-20-48-18-12-34-25(40)11-14-37-28(43)9-10-29(37)44/h9-10,23-24,39H,5-8,11-22H2,1-4H3,(H,34,40)(H,35,41). The first-order valence-electron chi connectivity index (χ1n) is 16.8. The van der Waals surface area contributed by atoms with E-state index in [2.05, 4.69) is 10.6 Å². The molecule has 0 aromatic heterocycles. The van der Waals surface area contributed by atoms with Crippen molar-refractivity contribution in [2.45, 2.75) is 94.2 Å². The molecule has 3 aliphatic heterocycles. The van der Waals surface area contributed by atoms with E-state index in [1.807, 2.05) is 32.6 Å². The Morgan fingerprint density at radius 1 is 0.918 bits per heavy atom. The fourth-order valence-corrected chi connectivity index (χ4v) is 7.66. The number of β-amino-alcohol motifs (C(OH)–C–C–N with tert-alkyl or cyclic N) is 1. The molecule has 0 bridgehead atoms. The van der Waals surface area contributed by atoms with E-state index in [9.17, 15) is 38.7 Å². The van der Waals surface area contributed by atoms with E-state index in [4.69, 9.17) is 9.47 Å². The largest absolute Gasteiger partial charge is 0.395 e. The number of amides is 7. The number of hydrogen-bond donors (Lipinski definition) is 3. The Labute approximate surface area is 291 Å². The minimum atomic E-state index is -0.675. The lowest BCUT2D eigenvalue weighted by atomic mass is 9.87. The second-order valence-electron chi connectivity index (χ2n) is 13.5. The van der Waals surface area contributed by atoms with Gasteiger partial charge in [-0.3, -0.25) is 43.4 Å². The first-order valence-corrected chi connectivity index (χ1v) is 17.7. The molecule has 0 aromatic carbocycles. The summed E-state index contributed by atoms with van der Waals surface area (Å²) in [7, 11) is 0. The molecule has 2 fully saturated rings. The van der Waals surface area contributed by atoms with E-state index in [1.165, 1.54) is 23.9 Å². The fraction of sp³-hybridized carbons (Fsp3) is 0.727. The van der Waals surface area contributed by atoms with Gasteiger partial charge in [0.25, 0.3) is 11.8 Å². The minimum Gasteiger partial charge on any atom is -0.395 e. The van der Waals surface area contributed by atoms with Crippen molar-refractivity contribution >= 4 is 53.1 Å². The Balaban J connectivity index is 1.34. The van der Waals surface area contributed by atoms with Crippen molar-refractivity contribution < 1.29 is 48.1 Å². The van der Waals surface area contributed by atoms with Crippen LogP contribution in [0.2, 0.25) is 0 Å². The molecule has 49 heavy (non-hydrogen) atoms. The molecule has 3 N–H and O–H groups in total. The van der Waals surface area contributed by atoms with Crippen molar-refractivity contribution in [1.29, 1.82) is 0 Å². The van der Waals surface area contributed by atoms with Gasteiger partial charge in [-0.25, -0.2) is 0 Å². The number of carbonyl (C=O) groups excluding carboxylic acids is 7. The van der Waals surface area contributed by atoms with Crippen molar-refractivity contribution in [3.63, 3.8) is 0 Å². The van der Waals surface area contributed by atoms with E-state index in [0.717, 1.165) is 16.2 Å². The number of aliphatic hydroxyl groups excluding tert-OH is 1. The second-order valence-corrected chi connectivity index (χ2v) is 15.3. The third-order valence-electron chi connectivity index (χ3n) is 8.54. The summed E-state index contributed by atoms with van der Waals surface area (Å²) in [5.41, 5.74) is -0.675. The molecule has 2 saturated heterocycles. The molecule has 0 aromatic rings. The van der Waals surface area contributed by atoms with Gasteiger partial charge in [0, 0.05) is 80.4 Å². The molecule has 0 saturated carbocycles. The van der Waals surface area contributed by atoms with Gasteiger partial charge >= 0.3 is 0 Å². The number of imide groups is 2. The number of thioether (sulfide) groups is 1. The number of nitrogens with one attached hydrogen (secondary N) is 2. The summed E-state index contributed by atoms with van der Waals surface area (Å²) in [6, 6.07) is -0.307. The van der Waals surface area contributed by atoms with Gasteiger partial charge in [-0.2, -0.15) is 0 Å². The van der Waals surface area contributed by atoms with Crippen LogP contribution < -0.4 is 10.6 Å². The van der Waals surface area contributed by atoms with Crippen LogP contribution in [0.15, 0.2) is 12.2 Å². The number of carbonyl (C=O) groups is 7. The van der Waals surface area contributed by atoms with Gasteiger partial charge in [-0.1, -0.05) is 0 Å². The van der Waals surface area contributed by atoms with E-state index < -0.39 is 27.4 Å². The van der Waals surface area contributed by atoms with Crippen LogP contribution in [-0.4, -0.2) is 142 Å². The van der Waals surface area contributed by atoms with Gasteiger partial charge in [0.1, 0.15) is 0 Å². The molecule has 3 aliphatic rings. The topological polar surface area (TPSA) is 192 Å². The van der Waals surface area contributed by atoms with Crippen molar-refractivity contribution in [3.8, 4) is 0 Å². The molecule has 2 unspecified atom stereocenters. The molecular weight excluding hydrogens is 658 g/mol. The lowest BCUT2D eigenvalue weighted by molar-refractivity contribution is -0.139. The van der Waals surface area contributed by atoms with Crippen molar-refractivity contribution in [2.24, 2.45) is 0 Å². The molecular formula is C33H51N5O10S. The average molecular weight is 710 g/mol. The molecule has 274 valence electrons. The quantitative estimate of drug-likeness (QED) is 0.102. The maximum Gasteiger partial charge on any atom is 0.253 e. The van der Waals surface area contributed by atoms with Gasteiger partial charge in [-0.15, -0.1) is 11.8 Å². The van der Waals surface area contributed by atoms with Gasteiger partial charge in [-0.05, 0) is 47.0 Å². The van der Waals surface area contributed by atoms with Crippen molar-refractivity contribution in [1.82, 2.24) is 25.3 Å². The highest BCUT2D eigenvalue weighted by atomic mass is 32.2. The lowest BCUT2D eigenvalue weighted by Gasteiger charge is -2.44. The number of rotatable bonds is 22. The fourth-order valence-electron chi connectivity index (χ4n) is 6.10. The number of aliphatic hydroxyl groups is 1. The van der Waals surface area contributed by atoms with Gasteiger partial charge < -0.3 is 30.1 Å². The van der Waals surface area contributed by atoms with Crippen LogP contribution in [0.1, 0.15) is 72.6 Å². The third-order valence-corrected chi connectivity index (χ3v) is 10.1. The summed E-state index contributed by atoms with van der Waals surface area (Å²) in [5, 5.41) is 14.4. The van der Waals surface area contributed by atoms with Crippen LogP contribution in [0.5, 0.6) is 0 Å². The van der Waals surface area contributed by atoms with Gasteiger partial charge in [0.15, 0.2) is 0 Å². The van der Waals surface area contributed by atoms with Crippen LogP contribution in [-0.2, 0) is 43.0 Å². The minimum absolute atomic E-state index is 0.0141. The number of likely N-dealkylation sites (tertiary alicyclic amines) is 2. The molecule has 16 heteroatoms. The Bertz CT molecular complexity index is 1250. The van der Waals surface area contributed by atoms with E-state index in [0.29, 0.717) is 45.6 Å². The summed E-state index contributed by atoms with van der Waals surface area (Å²) >= 11 is 1.37. The normalized spacial score (nSPS) is 19.1. The van der Waals surface area contributed by atoms with Crippen LogP contribution in [0.3, 0.4) is 0 Å². The van der Waals surface area contributed by atoms with Crippen LogP contribution in [0, 0.1) is 0 Å². The Hall–Kier alpha value is -3.34. The molecule has 2 atom stereocenters. The highest BCUT2D eigenvalue weighted by Crippen LogP contribution is 2.42. The maximum atomic E-state index is 12.9. The Kier molecular flexibility index (Phi) is 15.2. The SMILES string of the molecule is CC(C)(CC(N1CCCC1=O)C(C)(C)SC1CC(=O)N(CCO)C1=O)NC(=O)CCCOCCOCCNC(=O)CCN1C(=O)C=CC1=O. The lowest BCUT2D eigenvalue weighted by Crippen LogP contribution is -2.56. The molecule has 0 spiro atoms. The van der Waals surface area contributed by atoms with E-state index in [-0.39, 0.29) is 87.7 Å². The highest BCUT2D eigenvalue weighted by Gasteiger charge is 2.47. The van der Waals surface area contributed by atoms with Gasteiger partial charge in [0.05, 0.1) is 38.2 Å². The predicted octanol–water partition coefficient (Wildman–Crippen LogP) is 0.139. The second kappa shape index (κ2) is 18.6. The van der Waals surface area contributed by atoms with Crippen LogP contribution in [0.25, 0.3) is 0 Å². The molecule has 3 heterocycles. The van der Waals surface area contributed by atoms with E-state index in [1.54, 1.807) is 0 Å². The summed E-state index contributed by atoms with van der Waals surface area (Å²) in [6.07, 6.45) is 4.78. The van der Waals surface area contributed by atoms with Gasteiger partial charge in [0.2, 0.25) is 29.5 Å². The molecule has 0 radical (unpaired) electrons. The zero-order valence-electron chi connectivity index (χ0n) is 29.0. The molecule has 0 aliphatic carbocycles. The number of hydrogen-bond acceptors (Lipinski definition) is 11. The summed E-state index contributed by atoms with van der Waals surface area (Å²) in [4.78, 5) is 90.0. The highest BCUT2D eigenvalue weighted by molar-refractivity contribution is 8.02. The summed E-state index contributed by atoms with van der Waals surface area (Å²) in [5.74, 6) is -1.88. The number of nitrogens with zero attached hydrogens (tertiary/aromatic N) is 3. The zero-order valence-corrected chi connectivity index (χ0v) is 29.8. The van der Waals surface area contributed by atoms with Crippen LogP contribution >= 0.6 is 11.8 Å². The zero-order chi connectivity index (χ0) is 36.2. The monoisotopic (exact) mass is 709 g/mol. The number of ether oxygens (including phenoxy) is 2. The predicted molar refractivity (Wildman–Crippen MR) is 180 cm³/mol. The first kappa shape index (κ1) is 40.1. The smallest absolute Gasteiger partial charge is 0.253 e. The van der Waals surface area contributed by atoms with Crippen molar-refractivity contribution in [3.05, 3.63) is 12.2 Å². The molecule has 15 nitrogen and oxygen atoms in total. The van der Waals surface area contributed by atoms with Crippen LogP contribution in [0.4, 0.5) is 0 Å². The Morgan fingerprint density at radius 2 is 1.59 bits per heavy atom. The molecule has 3 rings (SSSR count). The summed E-state index contributed by atoms with van der Waals surface area (Å²) < 4.78 is 10.4. The average Bonchev–Trinajstić information content (AvgIpc) is 3.67. The third kappa shape index (κ3) is 12.2. The first-order chi connectivity index (χ1) is 23.1. The Morgan fingerprint density at radius 3 is 2.22 bits per heavy atom. The molecule has 7 amide bonds. The maximum absolute atomic E-state index is 12.9.